The minimum atomic E-state index is -1.07. The van der Waals surface area contributed by atoms with Crippen LogP contribution in [0.15, 0.2) is 54.6 Å². The molecule has 0 aromatic heterocycles. The van der Waals surface area contributed by atoms with Crippen molar-refractivity contribution in [2.75, 3.05) is 59.8 Å². The summed E-state index contributed by atoms with van der Waals surface area (Å²) < 4.78 is 12.3. The number of likely N-dealkylation sites (tertiary alicyclic amines) is 1. The van der Waals surface area contributed by atoms with Crippen molar-refractivity contribution in [1.29, 1.82) is 0 Å². The number of carbonyl (C=O) groups is 9. The lowest BCUT2D eigenvalue weighted by Gasteiger charge is -2.42. The summed E-state index contributed by atoms with van der Waals surface area (Å²) in [7, 11) is 6.78. The summed E-state index contributed by atoms with van der Waals surface area (Å²) in [5.74, 6) is -5.08. The number of nitrogens with one attached hydrogen (secondary N) is 6. The molecule has 7 amide bonds. The number of unbranched alkanes of at least 4 members (excludes halogenated alkanes) is 1. The zero-order chi connectivity index (χ0) is 61.1. The number of ether oxygens (including phenoxy) is 2. The lowest BCUT2D eigenvalue weighted by atomic mass is 9.89. The SMILES string of the molecule is CCCCN(CC(C=O)NC(=O)C(C(C)C)N(C)C)C(C(C)CC)C(CC(=O)N1CCCC1C(OC)C(C)C(=O)NC(Cc1ccccc1)C(=O)NOCc1ccc(NC(=O)CNC(=O)C(NC(=O)CCCC(=O)O)C(C)C)cc1)OC. The van der Waals surface area contributed by atoms with E-state index in [0.29, 0.717) is 37.2 Å². The molecule has 82 heavy (non-hydrogen) atoms. The second-order valence-corrected chi connectivity index (χ2v) is 22.4. The molecular weight excluding hydrogens is 1050 g/mol. The Morgan fingerprint density at radius 3 is 2.04 bits per heavy atom. The van der Waals surface area contributed by atoms with Crippen LogP contribution in [0.2, 0.25) is 0 Å². The Labute approximate surface area is 485 Å². The van der Waals surface area contributed by atoms with Crippen molar-refractivity contribution in [1.82, 2.24) is 41.4 Å². The number of carboxylic acid groups (broad SMARTS) is 1. The van der Waals surface area contributed by atoms with E-state index in [2.05, 4.69) is 57.7 Å². The predicted molar refractivity (Wildman–Crippen MR) is 311 cm³/mol. The number of amides is 7. The minimum Gasteiger partial charge on any atom is -0.481 e. The maximum absolute atomic E-state index is 14.6. The maximum Gasteiger partial charge on any atom is 0.303 e. The van der Waals surface area contributed by atoms with Crippen LogP contribution in [0.5, 0.6) is 0 Å². The molecule has 0 spiro atoms. The van der Waals surface area contributed by atoms with Crippen LogP contribution in [0, 0.1) is 23.7 Å². The van der Waals surface area contributed by atoms with E-state index < -0.39 is 83.8 Å². The molecule has 10 atom stereocenters. The zero-order valence-corrected chi connectivity index (χ0v) is 50.5. The molecule has 0 radical (unpaired) electrons. The van der Waals surface area contributed by atoms with Gasteiger partial charge in [0.05, 0.1) is 55.8 Å². The van der Waals surface area contributed by atoms with Crippen LogP contribution in [0.3, 0.4) is 0 Å². The topological polar surface area (TPSA) is 283 Å². The standard InChI is InChI=1S/C60H95N9O13/c1-13-15-30-68(35-45(36-70)63-60(79)54(39(5)6)67(9)10)55(40(7)14-2)48(80-11)33-51(73)69-31-20-23-47(69)56(81-12)41(8)57(76)64-46(32-42-21-17-16-18-22-42)58(77)66-82-37-43-26-28-44(29-27-43)62-50(72)34-61-59(78)53(38(3)4)65-49(71)24-19-25-52(74)75/h16-18,21-22,26-29,36,38-41,45-48,53-56H,13-15,19-20,23-25,30-35,37H2,1-12H3,(H,61,78)(H,62,72)(H,63,79)(H,64,76)(H,65,71)(H,66,77)(H,74,75). The Balaban J connectivity index is 1.69. The van der Waals surface area contributed by atoms with Gasteiger partial charge in [-0.05, 0) is 87.3 Å². The number of carboxylic acids is 1. The van der Waals surface area contributed by atoms with Crippen LogP contribution in [0.1, 0.15) is 124 Å². The monoisotopic (exact) mass is 1150 g/mol. The Hall–Kier alpha value is -6.33. The summed E-state index contributed by atoms with van der Waals surface area (Å²) >= 11 is 0. The number of methoxy groups -OCH3 is 2. The summed E-state index contributed by atoms with van der Waals surface area (Å²) in [6.45, 7) is 16.3. The number of hydrogen-bond donors (Lipinski definition) is 7. The Morgan fingerprint density at radius 2 is 1.46 bits per heavy atom. The van der Waals surface area contributed by atoms with E-state index >= 15 is 0 Å². The molecular formula is C60H95N9O13. The summed E-state index contributed by atoms with van der Waals surface area (Å²) in [5.41, 5.74) is 4.32. The molecule has 22 heteroatoms. The molecule has 1 aliphatic heterocycles. The van der Waals surface area contributed by atoms with E-state index in [1.165, 1.54) is 7.11 Å². The number of hydroxylamine groups is 1. The molecule has 1 aliphatic rings. The van der Waals surface area contributed by atoms with Crippen molar-refractivity contribution in [3.8, 4) is 0 Å². The number of benzene rings is 2. The fourth-order valence-electron chi connectivity index (χ4n) is 10.6. The summed E-state index contributed by atoms with van der Waals surface area (Å²) in [6.07, 6.45) is 3.28. The van der Waals surface area contributed by atoms with Gasteiger partial charge in [-0.2, -0.15) is 0 Å². The summed E-state index contributed by atoms with van der Waals surface area (Å²) in [5, 5.41) is 22.6. The fraction of sp³-hybridized carbons (Fsp3) is 0.650. The first-order valence-corrected chi connectivity index (χ1v) is 28.9. The third kappa shape index (κ3) is 22.8. The van der Waals surface area contributed by atoms with Crippen LogP contribution in [-0.4, -0.2) is 176 Å². The molecule has 7 N–H and O–H groups in total. The Morgan fingerprint density at radius 1 is 0.780 bits per heavy atom. The lowest BCUT2D eigenvalue weighted by Crippen LogP contribution is -2.57. The average Bonchev–Trinajstić information content (AvgIpc) is 3.97. The molecule has 10 unspecified atom stereocenters. The third-order valence-corrected chi connectivity index (χ3v) is 15.1. The number of carbonyl (C=O) groups excluding carboxylic acids is 8. The highest BCUT2D eigenvalue weighted by molar-refractivity contribution is 5.96. The van der Waals surface area contributed by atoms with Gasteiger partial charge in [-0.15, -0.1) is 0 Å². The minimum absolute atomic E-state index is 0.0145. The van der Waals surface area contributed by atoms with Gasteiger partial charge in [0, 0.05) is 58.3 Å². The molecule has 2 aromatic carbocycles. The third-order valence-electron chi connectivity index (χ3n) is 15.1. The molecule has 2 aromatic rings. The van der Waals surface area contributed by atoms with E-state index in [9.17, 15) is 43.2 Å². The Kier molecular flexibility index (Phi) is 31.0. The van der Waals surface area contributed by atoms with E-state index in [4.69, 9.17) is 19.4 Å². The number of aliphatic carboxylic acids is 1. The van der Waals surface area contributed by atoms with E-state index in [1.54, 1.807) is 57.0 Å². The van der Waals surface area contributed by atoms with Gasteiger partial charge in [0.25, 0.3) is 5.91 Å². The van der Waals surface area contributed by atoms with Crippen molar-refractivity contribution in [2.45, 2.75) is 175 Å². The van der Waals surface area contributed by atoms with Gasteiger partial charge in [0.1, 0.15) is 18.4 Å². The first-order valence-electron chi connectivity index (χ1n) is 28.9. The highest BCUT2D eigenvalue weighted by atomic mass is 16.7. The van der Waals surface area contributed by atoms with Crippen LogP contribution in [0.4, 0.5) is 5.69 Å². The van der Waals surface area contributed by atoms with Gasteiger partial charge >= 0.3 is 5.97 Å². The highest BCUT2D eigenvalue weighted by Gasteiger charge is 2.43. The number of anilines is 1. The number of hydrogen-bond acceptors (Lipinski definition) is 14. The van der Waals surface area contributed by atoms with Crippen LogP contribution < -0.4 is 32.1 Å². The molecule has 1 heterocycles. The molecule has 458 valence electrons. The fourth-order valence-corrected chi connectivity index (χ4v) is 10.6. The number of aldehydes is 1. The van der Waals surface area contributed by atoms with Gasteiger partial charge in [-0.25, -0.2) is 5.48 Å². The normalized spacial score (nSPS) is 16.7. The maximum atomic E-state index is 14.6. The van der Waals surface area contributed by atoms with E-state index in [-0.39, 0.29) is 87.4 Å². The van der Waals surface area contributed by atoms with Crippen molar-refractivity contribution < 1.29 is 62.6 Å². The van der Waals surface area contributed by atoms with Gasteiger partial charge in [0.15, 0.2) is 0 Å². The largest absolute Gasteiger partial charge is 0.481 e. The van der Waals surface area contributed by atoms with Crippen molar-refractivity contribution in [3.05, 3.63) is 65.7 Å². The van der Waals surface area contributed by atoms with Crippen molar-refractivity contribution in [3.63, 3.8) is 0 Å². The number of likely N-dealkylation sites (N-methyl/N-ethyl adjacent to an activating group) is 1. The molecule has 0 saturated carbocycles. The smallest absolute Gasteiger partial charge is 0.303 e. The van der Waals surface area contributed by atoms with Crippen molar-refractivity contribution >= 4 is 59.3 Å². The second kappa shape index (κ2) is 36.3. The van der Waals surface area contributed by atoms with E-state index in [1.807, 2.05) is 63.2 Å². The molecule has 1 saturated heterocycles. The first kappa shape index (κ1) is 69.9. The molecule has 22 nitrogen and oxygen atoms in total. The molecule has 0 bridgehead atoms. The van der Waals surface area contributed by atoms with Gasteiger partial charge in [-0.3, -0.25) is 53.0 Å². The lowest BCUT2D eigenvalue weighted by molar-refractivity contribution is -0.144. The molecule has 1 fully saturated rings. The molecule has 3 rings (SSSR count). The highest BCUT2D eigenvalue weighted by Crippen LogP contribution is 2.30. The first-order chi connectivity index (χ1) is 39.0. The average molecular weight is 1150 g/mol. The zero-order valence-electron chi connectivity index (χ0n) is 50.5. The quantitative estimate of drug-likeness (QED) is 0.0366. The van der Waals surface area contributed by atoms with Gasteiger partial charge < -0.3 is 50.9 Å². The molecule has 0 aliphatic carbocycles. The van der Waals surface area contributed by atoms with E-state index in [0.717, 1.165) is 31.1 Å². The summed E-state index contributed by atoms with van der Waals surface area (Å²) in [4.78, 5) is 129. The summed E-state index contributed by atoms with van der Waals surface area (Å²) in [6, 6.07) is 11.8. The van der Waals surface area contributed by atoms with Gasteiger partial charge in [-0.1, -0.05) is 111 Å². The predicted octanol–water partition coefficient (Wildman–Crippen LogP) is 4.25. The van der Waals surface area contributed by atoms with Crippen molar-refractivity contribution in [2.24, 2.45) is 23.7 Å². The van der Waals surface area contributed by atoms with Crippen LogP contribution >= 0.6 is 0 Å². The van der Waals surface area contributed by atoms with Crippen LogP contribution in [-0.2, 0) is 70.5 Å². The van der Waals surface area contributed by atoms with Gasteiger partial charge in [0.2, 0.25) is 35.4 Å². The number of rotatable bonds is 38. The van der Waals surface area contributed by atoms with Crippen LogP contribution in [0.25, 0.3) is 0 Å². The number of nitrogens with zero attached hydrogens (tertiary/aromatic N) is 3. The second-order valence-electron chi connectivity index (χ2n) is 22.4. The Bertz CT molecular complexity index is 2330.